The fourth-order valence-corrected chi connectivity index (χ4v) is 8.00. The van der Waals surface area contributed by atoms with Crippen LogP contribution in [0.25, 0.3) is 94.6 Å². The van der Waals surface area contributed by atoms with Crippen LogP contribution in [0.2, 0.25) is 0 Å². The summed E-state index contributed by atoms with van der Waals surface area (Å²) in [6.07, 6.45) is 5.24. The molecule has 0 N–H and O–H groups in total. The van der Waals surface area contributed by atoms with Crippen molar-refractivity contribution in [2.24, 2.45) is 0 Å². The van der Waals surface area contributed by atoms with Crippen LogP contribution >= 0.6 is 0 Å². The molecule has 1 aliphatic rings. The molecule has 244 valence electrons. The number of aromatic nitrogens is 3. The van der Waals surface area contributed by atoms with Crippen LogP contribution in [-0.4, -0.2) is 15.0 Å². The smallest absolute Gasteiger partial charge is 0.167 e. The minimum atomic E-state index is -0.0612. The third-order valence-corrected chi connectivity index (χ3v) is 10.5. The van der Waals surface area contributed by atoms with E-state index in [4.69, 9.17) is 23.8 Å². The zero-order chi connectivity index (χ0) is 34.2. The van der Waals surface area contributed by atoms with Crippen molar-refractivity contribution in [1.82, 2.24) is 15.0 Å². The van der Waals surface area contributed by atoms with Crippen molar-refractivity contribution < 1.29 is 8.83 Å². The molecule has 0 saturated carbocycles. The van der Waals surface area contributed by atoms with Gasteiger partial charge in [-0.2, -0.15) is 0 Å². The molecule has 0 amide bonds. The van der Waals surface area contributed by atoms with Gasteiger partial charge in [0, 0.05) is 38.6 Å². The summed E-state index contributed by atoms with van der Waals surface area (Å²) < 4.78 is 13.1. The molecule has 11 rings (SSSR count). The molecule has 1 atom stereocenters. The van der Waals surface area contributed by atoms with Crippen molar-refractivity contribution in [3.63, 3.8) is 0 Å². The Labute approximate surface area is 298 Å². The molecule has 3 aromatic heterocycles. The van der Waals surface area contributed by atoms with E-state index in [9.17, 15) is 0 Å². The number of hydrogen-bond donors (Lipinski definition) is 0. The van der Waals surface area contributed by atoms with Crippen molar-refractivity contribution in [1.29, 1.82) is 0 Å². The zero-order valence-electron chi connectivity index (χ0n) is 28.0. The number of para-hydroxylation sites is 3. The zero-order valence-corrected chi connectivity index (χ0v) is 28.0. The van der Waals surface area contributed by atoms with Gasteiger partial charge in [0.1, 0.15) is 28.2 Å². The quantitative estimate of drug-likeness (QED) is 0.187. The Morgan fingerprint density at radius 3 is 2.02 bits per heavy atom. The van der Waals surface area contributed by atoms with E-state index in [2.05, 4.69) is 121 Å². The van der Waals surface area contributed by atoms with Gasteiger partial charge in [0.05, 0.1) is 5.56 Å². The van der Waals surface area contributed by atoms with Crippen molar-refractivity contribution in [2.45, 2.75) is 12.3 Å². The van der Waals surface area contributed by atoms with Gasteiger partial charge in [-0.05, 0) is 64.2 Å². The van der Waals surface area contributed by atoms with Gasteiger partial charge in [0.25, 0.3) is 0 Å². The predicted octanol–water partition coefficient (Wildman–Crippen LogP) is 12.2. The van der Waals surface area contributed by atoms with Gasteiger partial charge in [0.2, 0.25) is 0 Å². The molecule has 0 aliphatic heterocycles. The van der Waals surface area contributed by atoms with Crippen LogP contribution in [-0.2, 0) is 6.42 Å². The number of allylic oxidation sites excluding steroid dienone is 1. The first-order valence-corrected chi connectivity index (χ1v) is 17.6. The lowest BCUT2D eigenvalue weighted by Gasteiger charge is -2.21. The molecule has 0 fully saturated rings. The molecule has 0 spiro atoms. The van der Waals surface area contributed by atoms with Crippen LogP contribution < -0.4 is 0 Å². The fourth-order valence-electron chi connectivity index (χ4n) is 8.00. The summed E-state index contributed by atoms with van der Waals surface area (Å²) in [7, 11) is 0. The fraction of sp³-hybridized carbons (Fsp3) is 0.0426. The highest BCUT2D eigenvalue weighted by Gasteiger charge is 2.25. The van der Waals surface area contributed by atoms with Crippen molar-refractivity contribution in [3.8, 4) is 33.9 Å². The van der Waals surface area contributed by atoms with Crippen LogP contribution in [0.3, 0.4) is 0 Å². The Morgan fingerprint density at radius 1 is 0.481 bits per heavy atom. The average molecular weight is 668 g/mol. The van der Waals surface area contributed by atoms with E-state index in [0.29, 0.717) is 11.6 Å². The molecular weight excluding hydrogens is 639 g/mol. The van der Waals surface area contributed by atoms with Crippen molar-refractivity contribution in [3.05, 3.63) is 169 Å². The standard InChI is InChI=1S/C47H29N3O2/c1-2-11-28(12-3-1)33-25-26-37(42-36-16-7-9-20-41(36)52-44(33)42)46-48-45(31-24-23-30-22-21-29-13-4-5-14-32(29)39(30)27-31)49-47(50-46)38-18-10-17-35-34-15-6-8-19-40(34)51-43(35)38/h1-26,31H,27H2. The number of fused-ring (bicyclic) bond motifs is 9. The second-order valence-electron chi connectivity index (χ2n) is 13.5. The van der Waals surface area contributed by atoms with Gasteiger partial charge in [-0.25, -0.2) is 15.0 Å². The molecule has 10 aromatic rings. The highest BCUT2D eigenvalue weighted by Crippen LogP contribution is 2.43. The molecule has 3 heterocycles. The SMILES string of the molecule is C1=CC(c2nc(-c3cccc4c3oc3ccccc34)nc(-c3ccc(-c4ccccc4)c4oc5ccccc5c34)n2)Cc2c1ccc1ccccc21. The minimum absolute atomic E-state index is 0.0612. The Balaban J connectivity index is 1.17. The molecular formula is C47H29N3O2. The third-order valence-electron chi connectivity index (χ3n) is 10.5. The third kappa shape index (κ3) is 4.46. The first kappa shape index (κ1) is 28.9. The molecule has 5 heteroatoms. The Morgan fingerprint density at radius 2 is 1.15 bits per heavy atom. The first-order chi connectivity index (χ1) is 25.8. The normalized spacial score (nSPS) is 14.2. The maximum absolute atomic E-state index is 6.64. The van der Waals surface area contributed by atoms with Crippen molar-refractivity contribution >= 4 is 60.7 Å². The second-order valence-corrected chi connectivity index (χ2v) is 13.5. The molecule has 5 nitrogen and oxygen atoms in total. The molecule has 0 bridgehead atoms. The van der Waals surface area contributed by atoms with E-state index in [-0.39, 0.29) is 5.92 Å². The second kappa shape index (κ2) is 11.3. The van der Waals surface area contributed by atoms with Crippen molar-refractivity contribution in [2.75, 3.05) is 0 Å². The minimum Gasteiger partial charge on any atom is -0.455 e. The van der Waals surface area contributed by atoms with Crippen LogP contribution in [0, 0.1) is 0 Å². The summed E-state index contributed by atoms with van der Waals surface area (Å²) in [5, 5.41) is 6.60. The monoisotopic (exact) mass is 667 g/mol. The predicted molar refractivity (Wildman–Crippen MR) is 210 cm³/mol. The lowest BCUT2D eigenvalue weighted by atomic mass is 9.86. The summed E-state index contributed by atoms with van der Waals surface area (Å²) >= 11 is 0. The van der Waals surface area contributed by atoms with Gasteiger partial charge in [0.15, 0.2) is 11.6 Å². The van der Waals surface area contributed by atoms with Gasteiger partial charge < -0.3 is 8.83 Å². The summed E-state index contributed by atoms with van der Waals surface area (Å²) in [5.74, 6) is 1.83. The number of furan rings is 2. The highest BCUT2D eigenvalue weighted by molar-refractivity contribution is 6.16. The summed E-state index contributed by atoms with van der Waals surface area (Å²) in [4.78, 5) is 15.9. The number of rotatable bonds is 4. The lowest BCUT2D eigenvalue weighted by Crippen LogP contribution is -2.12. The van der Waals surface area contributed by atoms with Gasteiger partial charge >= 0.3 is 0 Å². The lowest BCUT2D eigenvalue weighted by molar-refractivity contribution is 0.668. The van der Waals surface area contributed by atoms with Crippen LogP contribution in [0.4, 0.5) is 0 Å². The van der Waals surface area contributed by atoms with E-state index in [1.54, 1.807) is 0 Å². The molecule has 52 heavy (non-hydrogen) atoms. The summed E-state index contributed by atoms with van der Waals surface area (Å²) in [6, 6.07) is 50.2. The first-order valence-electron chi connectivity index (χ1n) is 17.6. The topological polar surface area (TPSA) is 65.0 Å². The number of hydrogen-bond acceptors (Lipinski definition) is 5. The maximum Gasteiger partial charge on any atom is 0.167 e. The molecule has 1 aliphatic carbocycles. The number of benzene rings is 7. The molecule has 0 radical (unpaired) electrons. The van der Waals surface area contributed by atoms with Crippen LogP contribution in [0.5, 0.6) is 0 Å². The van der Waals surface area contributed by atoms with Gasteiger partial charge in [-0.15, -0.1) is 0 Å². The van der Waals surface area contributed by atoms with Gasteiger partial charge in [-0.1, -0.05) is 127 Å². The largest absolute Gasteiger partial charge is 0.455 e. The molecule has 1 unspecified atom stereocenters. The van der Waals surface area contributed by atoms with E-state index in [0.717, 1.165) is 78.4 Å². The number of nitrogens with zero attached hydrogens (tertiary/aromatic N) is 3. The highest BCUT2D eigenvalue weighted by atomic mass is 16.3. The van der Waals surface area contributed by atoms with E-state index < -0.39 is 0 Å². The Kier molecular flexibility index (Phi) is 6.31. The Bertz CT molecular complexity index is 3060. The van der Waals surface area contributed by atoms with Gasteiger partial charge in [-0.3, -0.25) is 0 Å². The summed E-state index contributed by atoms with van der Waals surface area (Å²) in [6.45, 7) is 0. The van der Waals surface area contributed by atoms with E-state index in [1.807, 2.05) is 36.4 Å². The Hall–Kier alpha value is -6.85. The summed E-state index contributed by atoms with van der Waals surface area (Å²) in [5.41, 5.74) is 9.62. The van der Waals surface area contributed by atoms with E-state index in [1.165, 1.54) is 21.9 Å². The van der Waals surface area contributed by atoms with Crippen LogP contribution in [0.1, 0.15) is 22.9 Å². The van der Waals surface area contributed by atoms with Crippen LogP contribution in [0.15, 0.2) is 161 Å². The maximum atomic E-state index is 6.64. The average Bonchev–Trinajstić information content (AvgIpc) is 3.80. The molecule has 7 aromatic carbocycles. The van der Waals surface area contributed by atoms with E-state index >= 15 is 0 Å². The molecule has 0 saturated heterocycles.